The second-order valence-electron chi connectivity index (χ2n) is 13.7. The molecule has 53 heavy (non-hydrogen) atoms. The second-order valence-corrected chi connectivity index (χ2v) is 13.7. The van der Waals surface area contributed by atoms with Gasteiger partial charge in [0.15, 0.2) is 0 Å². The van der Waals surface area contributed by atoms with Gasteiger partial charge in [-0.05, 0) is 88.9 Å². The van der Waals surface area contributed by atoms with Gasteiger partial charge >= 0.3 is 5.97 Å². The number of carboxylic acids is 1. The van der Waals surface area contributed by atoms with E-state index in [-0.39, 0.29) is 38.0 Å². The van der Waals surface area contributed by atoms with Crippen LogP contribution >= 0.6 is 0 Å². The lowest BCUT2D eigenvalue weighted by Crippen LogP contribution is -2.59. The van der Waals surface area contributed by atoms with Crippen molar-refractivity contribution in [3.8, 4) is 0 Å². The first-order valence-electron chi connectivity index (χ1n) is 18.3. The molecule has 0 aliphatic rings. The molecule has 0 bridgehead atoms. The quantitative estimate of drug-likeness (QED) is 0.0495. The zero-order valence-electron chi connectivity index (χ0n) is 31.1. The highest BCUT2D eigenvalue weighted by Crippen LogP contribution is 2.20. The van der Waals surface area contributed by atoms with Crippen molar-refractivity contribution >= 4 is 46.4 Å². The van der Waals surface area contributed by atoms with Gasteiger partial charge in [0.05, 0.1) is 6.04 Å². The summed E-state index contributed by atoms with van der Waals surface area (Å²) in [4.78, 5) is 82.4. The molecule has 0 fully saturated rings. The van der Waals surface area contributed by atoms with Crippen LogP contribution in [-0.4, -0.2) is 94.9 Å². The van der Waals surface area contributed by atoms with Gasteiger partial charge in [0, 0.05) is 23.5 Å². The summed E-state index contributed by atoms with van der Waals surface area (Å²) in [5, 5.41) is 24.0. The number of rotatable bonds is 25. The van der Waals surface area contributed by atoms with Gasteiger partial charge < -0.3 is 53.9 Å². The number of carbonyl (C=O) groups excluding carboxylic acids is 5. The predicted octanol–water partition coefficient (Wildman–Crippen LogP) is 0.446. The molecule has 16 nitrogen and oxygen atoms in total. The fourth-order valence-corrected chi connectivity index (χ4v) is 5.74. The molecule has 0 unspecified atom stereocenters. The molecule has 0 radical (unpaired) electrons. The standard InChI is InChI=1S/C37H59N9O7/c1-5-12-27(43-35(50)29(16-9-11-18-39)44-34(49)28(15-8-10-17-38)42-32(47)23(4)40)33(48)45-30(36(51)46-31(37(52)53)19-22(2)3)20-24-21-41-26-14-7-6-13-25(24)26/h5-7,13-14,21-23,27-31,41H,1,8-12,15-20,38-40H2,2-4H3,(H,42,47)(H,43,50)(H,44,49)(H,45,48)(H,46,51)(H,52,53)/t23-,27-,28-,29-,30-,31-/m0/s1. The van der Waals surface area contributed by atoms with Crippen LogP contribution in [0.2, 0.25) is 0 Å². The van der Waals surface area contributed by atoms with Gasteiger partial charge in [-0.2, -0.15) is 0 Å². The molecule has 0 spiro atoms. The first-order chi connectivity index (χ1) is 25.2. The number of carbonyl (C=O) groups is 6. The van der Waals surface area contributed by atoms with Crippen LogP contribution in [0.3, 0.4) is 0 Å². The van der Waals surface area contributed by atoms with Crippen molar-refractivity contribution < 1.29 is 33.9 Å². The number of amides is 5. The van der Waals surface area contributed by atoms with Gasteiger partial charge in [-0.1, -0.05) is 38.1 Å². The maximum absolute atomic E-state index is 13.9. The molecule has 0 saturated carbocycles. The molecule has 13 N–H and O–H groups in total. The average Bonchev–Trinajstić information content (AvgIpc) is 3.52. The monoisotopic (exact) mass is 741 g/mol. The summed E-state index contributed by atoms with van der Waals surface area (Å²) < 4.78 is 0. The summed E-state index contributed by atoms with van der Waals surface area (Å²) in [6.07, 6.45) is 5.96. The average molecular weight is 742 g/mol. The Morgan fingerprint density at radius 3 is 1.75 bits per heavy atom. The SMILES string of the molecule is C=CC[C@H](NC(=O)[C@H](CCCCN)NC(=O)[C@H](CCCCN)NC(=O)[C@H](C)N)C(=O)N[C@@H](Cc1c[nH]c2ccccc12)C(=O)N[C@@H](CC(C)C)C(=O)O. The van der Waals surface area contributed by atoms with Crippen LogP contribution in [0.5, 0.6) is 0 Å². The van der Waals surface area contributed by atoms with Gasteiger partial charge in [-0.25, -0.2) is 4.79 Å². The number of unbranched alkanes of at least 4 members (excludes halogenated alkanes) is 2. The first-order valence-corrected chi connectivity index (χ1v) is 18.3. The summed E-state index contributed by atoms with van der Waals surface area (Å²) in [6.45, 7) is 9.63. The Kier molecular flexibility index (Phi) is 19.2. The van der Waals surface area contributed by atoms with Gasteiger partial charge in [-0.3, -0.25) is 24.0 Å². The van der Waals surface area contributed by atoms with Crippen LogP contribution in [0.15, 0.2) is 43.1 Å². The van der Waals surface area contributed by atoms with E-state index in [0.717, 1.165) is 10.9 Å². The number of aromatic amines is 1. The molecule has 0 aliphatic carbocycles. The predicted molar refractivity (Wildman–Crippen MR) is 203 cm³/mol. The van der Waals surface area contributed by atoms with Crippen molar-refractivity contribution in [2.75, 3.05) is 13.1 Å². The number of H-pyrrole nitrogens is 1. The minimum atomic E-state index is -1.22. The summed E-state index contributed by atoms with van der Waals surface area (Å²) in [5.74, 6) is -4.47. The Balaban J connectivity index is 2.35. The third-order valence-corrected chi connectivity index (χ3v) is 8.66. The molecular weight excluding hydrogens is 682 g/mol. The van der Waals surface area contributed by atoms with Crippen molar-refractivity contribution in [1.82, 2.24) is 31.6 Å². The van der Waals surface area contributed by atoms with Crippen molar-refractivity contribution in [3.05, 3.63) is 48.7 Å². The fourth-order valence-electron chi connectivity index (χ4n) is 5.74. The Labute approximate surface area is 311 Å². The van der Waals surface area contributed by atoms with E-state index in [1.54, 1.807) is 6.20 Å². The minimum Gasteiger partial charge on any atom is -0.480 e. The number of hydrogen-bond donors (Lipinski definition) is 10. The van der Waals surface area contributed by atoms with E-state index in [9.17, 15) is 33.9 Å². The second kappa shape index (κ2) is 23.0. The molecule has 0 saturated heterocycles. The summed E-state index contributed by atoms with van der Waals surface area (Å²) in [7, 11) is 0. The highest BCUT2D eigenvalue weighted by Gasteiger charge is 2.33. The minimum absolute atomic E-state index is 0.0147. The third-order valence-electron chi connectivity index (χ3n) is 8.66. The Morgan fingerprint density at radius 1 is 0.736 bits per heavy atom. The molecule has 1 aromatic heterocycles. The molecule has 16 heteroatoms. The smallest absolute Gasteiger partial charge is 0.326 e. The Hall–Kier alpha value is -4.80. The number of fused-ring (bicyclic) bond motifs is 1. The van der Waals surface area contributed by atoms with E-state index in [4.69, 9.17) is 17.2 Å². The summed E-state index contributed by atoms with van der Waals surface area (Å²) in [5.41, 5.74) is 18.5. The van der Waals surface area contributed by atoms with Crippen LogP contribution in [0, 0.1) is 5.92 Å². The summed E-state index contributed by atoms with van der Waals surface area (Å²) >= 11 is 0. The fraction of sp³-hybridized carbons (Fsp3) is 0.568. The molecule has 294 valence electrons. The lowest BCUT2D eigenvalue weighted by Gasteiger charge is -2.27. The number of nitrogens with one attached hydrogen (secondary N) is 6. The molecule has 2 aromatic rings. The maximum Gasteiger partial charge on any atom is 0.326 e. The van der Waals surface area contributed by atoms with Crippen LogP contribution in [0.1, 0.15) is 77.7 Å². The molecule has 0 aliphatic heterocycles. The zero-order valence-corrected chi connectivity index (χ0v) is 31.1. The molecule has 6 atom stereocenters. The number of para-hydroxylation sites is 1. The Morgan fingerprint density at radius 2 is 1.23 bits per heavy atom. The van der Waals surface area contributed by atoms with Gasteiger partial charge in [0.1, 0.15) is 30.2 Å². The molecule has 2 rings (SSSR count). The Bertz CT molecular complexity index is 1530. The van der Waals surface area contributed by atoms with Crippen molar-refractivity contribution in [2.24, 2.45) is 23.1 Å². The van der Waals surface area contributed by atoms with Crippen LogP contribution in [0.25, 0.3) is 10.9 Å². The van der Waals surface area contributed by atoms with Gasteiger partial charge in [0.25, 0.3) is 0 Å². The molecule has 1 aromatic carbocycles. The topological polar surface area (TPSA) is 277 Å². The lowest BCUT2D eigenvalue weighted by molar-refractivity contribution is -0.142. The van der Waals surface area contributed by atoms with Crippen LogP contribution in [0.4, 0.5) is 0 Å². The number of carboxylic acid groups (broad SMARTS) is 1. The van der Waals surface area contributed by atoms with Crippen molar-refractivity contribution in [3.63, 3.8) is 0 Å². The number of nitrogens with two attached hydrogens (primary N) is 3. The number of benzene rings is 1. The third kappa shape index (κ3) is 15.0. The van der Waals surface area contributed by atoms with E-state index in [2.05, 4.69) is 38.1 Å². The van der Waals surface area contributed by atoms with E-state index in [1.807, 2.05) is 38.1 Å². The van der Waals surface area contributed by atoms with E-state index in [0.29, 0.717) is 44.3 Å². The summed E-state index contributed by atoms with van der Waals surface area (Å²) in [6, 6.07) is 0.845. The number of aliphatic carboxylic acids is 1. The van der Waals surface area contributed by atoms with Crippen molar-refractivity contribution in [2.45, 2.75) is 115 Å². The largest absolute Gasteiger partial charge is 0.480 e. The van der Waals surface area contributed by atoms with E-state index >= 15 is 0 Å². The van der Waals surface area contributed by atoms with Gasteiger partial charge in [0.2, 0.25) is 29.5 Å². The molecule has 5 amide bonds. The highest BCUT2D eigenvalue weighted by molar-refractivity contribution is 5.96. The maximum atomic E-state index is 13.9. The highest BCUT2D eigenvalue weighted by atomic mass is 16.4. The van der Waals surface area contributed by atoms with E-state index in [1.165, 1.54) is 13.0 Å². The molecule has 1 heterocycles. The zero-order chi connectivity index (χ0) is 39.5. The first kappa shape index (κ1) is 44.4. The lowest BCUT2D eigenvalue weighted by atomic mass is 10.0. The number of aromatic nitrogens is 1. The van der Waals surface area contributed by atoms with Gasteiger partial charge in [-0.15, -0.1) is 6.58 Å². The normalized spacial score (nSPS) is 14.6. The molecular formula is C37H59N9O7. The van der Waals surface area contributed by atoms with Crippen LogP contribution < -0.4 is 43.8 Å². The van der Waals surface area contributed by atoms with Crippen LogP contribution in [-0.2, 0) is 35.2 Å². The van der Waals surface area contributed by atoms with Crippen molar-refractivity contribution in [1.29, 1.82) is 0 Å². The number of hydrogen-bond acceptors (Lipinski definition) is 9. The van der Waals surface area contributed by atoms with E-state index < -0.39 is 71.8 Å².